The van der Waals surface area contributed by atoms with Crippen LogP contribution in [0.15, 0.2) is 36.4 Å². The Balaban J connectivity index is 2.10. The summed E-state index contributed by atoms with van der Waals surface area (Å²) in [6.07, 6.45) is -0.927. The Morgan fingerprint density at radius 2 is 1.91 bits per heavy atom. The van der Waals surface area contributed by atoms with Gasteiger partial charge in [-0.3, -0.25) is 15.4 Å². The lowest BCUT2D eigenvalue weighted by atomic mass is 10.3. The van der Waals surface area contributed by atoms with Gasteiger partial charge in [-0.1, -0.05) is 23.2 Å². The van der Waals surface area contributed by atoms with Crippen molar-refractivity contribution in [2.75, 3.05) is 5.32 Å². The molecule has 0 fully saturated rings. The highest BCUT2D eigenvalue weighted by Gasteiger charge is 2.14. The van der Waals surface area contributed by atoms with E-state index >= 15 is 0 Å². The summed E-state index contributed by atoms with van der Waals surface area (Å²) in [6.45, 7) is 0. The first-order valence-corrected chi connectivity index (χ1v) is 6.50. The molecule has 0 aliphatic carbocycles. The first-order chi connectivity index (χ1) is 10.4. The number of non-ortho nitro benzene ring substituents is 1. The fourth-order valence-corrected chi connectivity index (χ4v) is 1.94. The van der Waals surface area contributed by atoms with Gasteiger partial charge in [0.15, 0.2) is 5.75 Å². The summed E-state index contributed by atoms with van der Waals surface area (Å²) in [5, 5.41) is 12.8. The quantitative estimate of drug-likeness (QED) is 0.648. The highest BCUT2D eigenvalue weighted by atomic mass is 35.5. The number of amides is 1. The van der Waals surface area contributed by atoms with E-state index in [1.807, 2.05) is 0 Å². The van der Waals surface area contributed by atoms with Crippen molar-refractivity contribution in [1.82, 2.24) is 0 Å². The lowest BCUT2D eigenvalue weighted by Crippen LogP contribution is -2.17. The molecule has 2 aromatic rings. The van der Waals surface area contributed by atoms with Crippen molar-refractivity contribution in [3.63, 3.8) is 0 Å². The van der Waals surface area contributed by atoms with Crippen LogP contribution in [0.3, 0.4) is 0 Å². The Morgan fingerprint density at radius 1 is 1.18 bits per heavy atom. The molecule has 1 N–H and O–H groups in total. The highest BCUT2D eigenvalue weighted by Crippen LogP contribution is 2.28. The van der Waals surface area contributed by atoms with Crippen molar-refractivity contribution in [1.29, 1.82) is 0 Å². The molecule has 0 atom stereocenters. The average molecular weight is 345 g/mol. The number of carbonyl (C=O) groups is 1. The molecule has 22 heavy (non-hydrogen) atoms. The van der Waals surface area contributed by atoms with E-state index in [4.69, 9.17) is 27.9 Å². The normalized spacial score (nSPS) is 10.1. The number of ether oxygens (including phenoxy) is 1. The molecule has 1 amide bonds. The van der Waals surface area contributed by atoms with Gasteiger partial charge in [0.25, 0.3) is 5.69 Å². The van der Waals surface area contributed by atoms with Crippen molar-refractivity contribution in [3.8, 4) is 5.75 Å². The van der Waals surface area contributed by atoms with Crippen LogP contribution >= 0.6 is 23.2 Å². The number of halogens is 3. The molecule has 0 heterocycles. The topological polar surface area (TPSA) is 81.5 Å². The Hall–Kier alpha value is -2.38. The predicted octanol–water partition coefficient (Wildman–Crippen LogP) is 4.65. The van der Waals surface area contributed by atoms with E-state index in [1.165, 1.54) is 18.2 Å². The number of hydrogen-bond acceptors (Lipinski definition) is 4. The number of nitrogens with zero attached hydrogens (tertiary/aromatic N) is 1. The first-order valence-electron chi connectivity index (χ1n) is 5.74. The van der Waals surface area contributed by atoms with Crippen molar-refractivity contribution in [2.24, 2.45) is 0 Å². The largest absolute Gasteiger partial charge is 0.417 e. The van der Waals surface area contributed by atoms with Crippen molar-refractivity contribution in [2.45, 2.75) is 0 Å². The van der Waals surface area contributed by atoms with Gasteiger partial charge in [-0.25, -0.2) is 9.18 Å². The SMILES string of the molecule is O=C(Nc1ccc([N+](=O)[O-])cc1Cl)Oc1ccc(F)cc1Cl. The monoisotopic (exact) mass is 344 g/mol. The second-order valence-electron chi connectivity index (χ2n) is 4.01. The summed E-state index contributed by atoms with van der Waals surface area (Å²) in [6, 6.07) is 6.77. The van der Waals surface area contributed by atoms with Gasteiger partial charge in [0.2, 0.25) is 0 Å². The number of nitro benzene ring substituents is 1. The van der Waals surface area contributed by atoms with E-state index in [0.29, 0.717) is 0 Å². The number of nitrogens with one attached hydrogen (secondary N) is 1. The van der Waals surface area contributed by atoms with E-state index in [1.54, 1.807) is 0 Å². The predicted molar refractivity (Wildman–Crippen MR) is 79.2 cm³/mol. The standard InChI is InChI=1S/C13H7Cl2FN2O4/c14-9-6-8(18(20)21)2-3-11(9)17-13(19)22-12-4-1-7(16)5-10(12)15/h1-6H,(H,17,19). The summed E-state index contributed by atoms with van der Waals surface area (Å²) in [5.74, 6) is -0.616. The van der Waals surface area contributed by atoms with Crippen LogP contribution in [0.5, 0.6) is 5.75 Å². The van der Waals surface area contributed by atoms with Gasteiger partial charge in [-0.05, 0) is 24.3 Å². The van der Waals surface area contributed by atoms with E-state index in [0.717, 1.165) is 18.2 Å². The van der Waals surface area contributed by atoms with Gasteiger partial charge in [-0.2, -0.15) is 0 Å². The number of hydrogen-bond donors (Lipinski definition) is 1. The fourth-order valence-electron chi connectivity index (χ4n) is 1.51. The number of carbonyl (C=O) groups excluding carboxylic acids is 1. The number of benzene rings is 2. The molecular weight excluding hydrogens is 338 g/mol. The molecule has 2 rings (SSSR count). The van der Waals surface area contributed by atoms with Gasteiger partial charge in [0.1, 0.15) is 5.82 Å². The second kappa shape index (κ2) is 6.59. The Kier molecular flexibility index (Phi) is 4.79. The summed E-state index contributed by atoms with van der Waals surface area (Å²) >= 11 is 11.5. The van der Waals surface area contributed by atoms with E-state index in [-0.39, 0.29) is 27.2 Å². The molecule has 0 saturated heterocycles. The van der Waals surface area contributed by atoms with Crippen LogP contribution in [-0.2, 0) is 0 Å². The van der Waals surface area contributed by atoms with Crippen LogP contribution in [0, 0.1) is 15.9 Å². The van der Waals surface area contributed by atoms with Gasteiger partial charge >= 0.3 is 6.09 Å². The van der Waals surface area contributed by atoms with Gasteiger partial charge in [-0.15, -0.1) is 0 Å². The summed E-state index contributed by atoms with van der Waals surface area (Å²) < 4.78 is 17.8. The van der Waals surface area contributed by atoms with Gasteiger partial charge < -0.3 is 4.74 Å². The zero-order chi connectivity index (χ0) is 16.3. The molecule has 0 aliphatic rings. The van der Waals surface area contributed by atoms with Gasteiger partial charge in [0, 0.05) is 12.1 Å². The van der Waals surface area contributed by atoms with E-state index in [2.05, 4.69) is 5.32 Å². The molecule has 0 unspecified atom stereocenters. The Labute approximate surface area is 133 Å². The zero-order valence-electron chi connectivity index (χ0n) is 10.7. The Bertz CT molecular complexity index is 755. The minimum atomic E-state index is -0.927. The molecule has 0 spiro atoms. The maximum atomic E-state index is 12.9. The molecular formula is C13H7Cl2FN2O4. The van der Waals surface area contributed by atoms with Crippen molar-refractivity contribution < 1.29 is 18.8 Å². The van der Waals surface area contributed by atoms with Crippen LogP contribution in [-0.4, -0.2) is 11.0 Å². The van der Waals surface area contributed by atoms with Crippen molar-refractivity contribution in [3.05, 3.63) is 62.4 Å². The molecule has 114 valence electrons. The van der Waals surface area contributed by atoms with E-state index < -0.39 is 16.8 Å². The summed E-state index contributed by atoms with van der Waals surface area (Å²) in [5.41, 5.74) is -0.0963. The van der Waals surface area contributed by atoms with Crippen LogP contribution in [0.1, 0.15) is 0 Å². The third-order valence-corrected chi connectivity index (χ3v) is 3.10. The number of rotatable bonds is 3. The molecule has 0 aliphatic heterocycles. The fraction of sp³-hybridized carbons (Fsp3) is 0. The molecule has 0 saturated carbocycles. The molecule has 0 bridgehead atoms. The highest BCUT2D eigenvalue weighted by molar-refractivity contribution is 6.34. The smallest absolute Gasteiger partial charge is 0.408 e. The molecule has 6 nitrogen and oxygen atoms in total. The Morgan fingerprint density at radius 3 is 2.50 bits per heavy atom. The maximum Gasteiger partial charge on any atom is 0.417 e. The second-order valence-corrected chi connectivity index (χ2v) is 4.82. The third-order valence-electron chi connectivity index (χ3n) is 2.50. The van der Waals surface area contributed by atoms with Crippen molar-refractivity contribution >= 4 is 40.7 Å². The lowest BCUT2D eigenvalue weighted by molar-refractivity contribution is -0.384. The lowest BCUT2D eigenvalue weighted by Gasteiger charge is -2.09. The van der Waals surface area contributed by atoms with Crippen LogP contribution in [0.2, 0.25) is 10.0 Å². The molecule has 2 aromatic carbocycles. The first kappa shape index (κ1) is 16.0. The molecule has 0 aromatic heterocycles. The van der Waals surface area contributed by atoms with E-state index in [9.17, 15) is 19.3 Å². The molecule has 9 heteroatoms. The zero-order valence-corrected chi connectivity index (χ0v) is 12.2. The third kappa shape index (κ3) is 3.84. The van der Waals surface area contributed by atoms with Crippen LogP contribution in [0.4, 0.5) is 20.6 Å². The summed E-state index contributed by atoms with van der Waals surface area (Å²) in [4.78, 5) is 21.7. The minimum absolute atomic E-state index is 0.0312. The number of anilines is 1. The average Bonchev–Trinajstić information content (AvgIpc) is 2.44. The van der Waals surface area contributed by atoms with Gasteiger partial charge in [0.05, 0.1) is 20.7 Å². The van der Waals surface area contributed by atoms with Crippen LogP contribution < -0.4 is 10.1 Å². The maximum absolute atomic E-state index is 12.9. The minimum Gasteiger partial charge on any atom is -0.408 e. The van der Waals surface area contributed by atoms with Crippen LogP contribution in [0.25, 0.3) is 0 Å². The molecule has 0 radical (unpaired) electrons. The summed E-state index contributed by atoms with van der Waals surface area (Å²) in [7, 11) is 0. The number of nitro groups is 1.